The maximum Gasteiger partial charge on any atom is 0.243 e. The molecule has 2 aromatic rings. The molecular formula is C17H22N2O3S. The van der Waals surface area contributed by atoms with Crippen LogP contribution in [0.3, 0.4) is 0 Å². The molecule has 1 aromatic heterocycles. The van der Waals surface area contributed by atoms with Crippen molar-refractivity contribution < 1.29 is 13.2 Å². The number of sulfonamides is 1. The molecule has 0 amide bonds. The van der Waals surface area contributed by atoms with Gasteiger partial charge in [-0.05, 0) is 43.2 Å². The van der Waals surface area contributed by atoms with Gasteiger partial charge >= 0.3 is 0 Å². The van der Waals surface area contributed by atoms with E-state index in [0.29, 0.717) is 24.6 Å². The Morgan fingerprint density at radius 1 is 1.13 bits per heavy atom. The number of benzene rings is 1. The molecule has 0 N–H and O–H groups in total. The first-order chi connectivity index (χ1) is 10.9. The van der Waals surface area contributed by atoms with Crippen molar-refractivity contribution in [2.75, 3.05) is 20.3 Å². The number of methoxy groups -OCH3 is 1. The molecule has 0 saturated heterocycles. The van der Waals surface area contributed by atoms with Crippen LogP contribution in [0.4, 0.5) is 0 Å². The third kappa shape index (κ3) is 4.37. The fourth-order valence-electron chi connectivity index (χ4n) is 2.40. The first kappa shape index (κ1) is 17.6. The molecule has 0 aliphatic heterocycles. The molecule has 0 fully saturated rings. The van der Waals surface area contributed by atoms with Gasteiger partial charge in [-0.1, -0.05) is 17.7 Å². The Kier molecular flexibility index (Phi) is 5.87. The van der Waals surface area contributed by atoms with Gasteiger partial charge in [0.1, 0.15) is 0 Å². The van der Waals surface area contributed by atoms with Crippen molar-refractivity contribution in [2.45, 2.75) is 25.3 Å². The maximum atomic E-state index is 13.0. The van der Waals surface area contributed by atoms with Crippen LogP contribution in [0.1, 0.15) is 16.7 Å². The quantitative estimate of drug-likeness (QED) is 0.781. The summed E-state index contributed by atoms with van der Waals surface area (Å²) in [5.74, 6) is 0. The molecule has 23 heavy (non-hydrogen) atoms. The number of aryl methyl sites for hydroxylation is 2. The van der Waals surface area contributed by atoms with Crippen LogP contribution < -0.4 is 0 Å². The second-order valence-electron chi connectivity index (χ2n) is 5.46. The second-order valence-corrected chi connectivity index (χ2v) is 7.36. The molecular weight excluding hydrogens is 312 g/mol. The van der Waals surface area contributed by atoms with Crippen LogP contribution in [0.15, 0.2) is 47.6 Å². The van der Waals surface area contributed by atoms with E-state index in [1.54, 1.807) is 25.6 Å². The Bertz CT molecular complexity index is 746. The van der Waals surface area contributed by atoms with Crippen LogP contribution in [-0.2, 0) is 21.3 Å². The predicted octanol–water partition coefficient (Wildman–Crippen LogP) is 2.54. The predicted molar refractivity (Wildman–Crippen MR) is 89.6 cm³/mol. The standard InChI is InChI=1S/C17H22N2O3S/c1-14-4-5-17(15(2)12-14)23(20,21)19(10-11-22-3)13-16-6-8-18-9-7-16/h4-9,12H,10-11,13H2,1-3H3. The summed E-state index contributed by atoms with van der Waals surface area (Å²) in [5.41, 5.74) is 2.69. The van der Waals surface area contributed by atoms with Crippen LogP contribution in [0, 0.1) is 13.8 Å². The van der Waals surface area contributed by atoms with E-state index in [9.17, 15) is 8.42 Å². The van der Waals surface area contributed by atoms with Gasteiger partial charge in [0.25, 0.3) is 0 Å². The van der Waals surface area contributed by atoms with Crippen molar-refractivity contribution in [1.29, 1.82) is 0 Å². The number of hydrogen-bond donors (Lipinski definition) is 0. The summed E-state index contributed by atoms with van der Waals surface area (Å²) in [5, 5.41) is 0. The Hall–Kier alpha value is -1.76. The third-order valence-electron chi connectivity index (χ3n) is 3.60. The van der Waals surface area contributed by atoms with Crippen molar-refractivity contribution in [3.8, 4) is 0 Å². The fourth-order valence-corrected chi connectivity index (χ4v) is 4.01. The number of rotatable bonds is 7. The molecule has 0 aliphatic carbocycles. The minimum absolute atomic E-state index is 0.293. The molecule has 2 rings (SSSR count). The van der Waals surface area contributed by atoms with E-state index >= 15 is 0 Å². The number of aromatic nitrogens is 1. The van der Waals surface area contributed by atoms with Crippen LogP contribution in [0.5, 0.6) is 0 Å². The van der Waals surface area contributed by atoms with Gasteiger partial charge in [0.15, 0.2) is 0 Å². The maximum absolute atomic E-state index is 13.0. The molecule has 0 saturated carbocycles. The molecule has 0 atom stereocenters. The van der Waals surface area contributed by atoms with Crippen molar-refractivity contribution in [3.63, 3.8) is 0 Å². The topological polar surface area (TPSA) is 59.5 Å². The van der Waals surface area contributed by atoms with E-state index in [2.05, 4.69) is 4.98 Å². The number of hydrogen-bond acceptors (Lipinski definition) is 4. The van der Waals surface area contributed by atoms with Gasteiger partial charge in [0.05, 0.1) is 11.5 Å². The van der Waals surface area contributed by atoms with Crippen LogP contribution in [0.25, 0.3) is 0 Å². The summed E-state index contributed by atoms with van der Waals surface area (Å²) in [6.07, 6.45) is 3.32. The third-order valence-corrected chi connectivity index (χ3v) is 5.61. The van der Waals surface area contributed by atoms with Gasteiger partial charge in [-0.25, -0.2) is 8.42 Å². The van der Waals surface area contributed by atoms with Gasteiger partial charge < -0.3 is 4.74 Å². The van der Waals surface area contributed by atoms with E-state index in [0.717, 1.165) is 16.7 Å². The SMILES string of the molecule is COCCN(Cc1ccncc1)S(=O)(=O)c1ccc(C)cc1C. The molecule has 0 unspecified atom stereocenters. The van der Waals surface area contributed by atoms with E-state index in [4.69, 9.17) is 4.74 Å². The van der Waals surface area contributed by atoms with E-state index < -0.39 is 10.0 Å². The lowest BCUT2D eigenvalue weighted by Crippen LogP contribution is -2.34. The Morgan fingerprint density at radius 3 is 2.43 bits per heavy atom. The van der Waals surface area contributed by atoms with Crippen LogP contribution >= 0.6 is 0 Å². The van der Waals surface area contributed by atoms with Crippen molar-refractivity contribution >= 4 is 10.0 Å². The van der Waals surface area contributed by atoms with Gasteiger partial charge in [-0.15, -0.1) is 0 Å². The summed E-state index contributed by atoms with van der Waals surface area (Å²) in [6.45, 7) is 4.70. The highest BCUT2D eigenvalue weighted by atomic mass is 32.2. The van der Waals surface area contributed by atoms with Crippen molar-refractivity contribution in [3.05, 3.63) is 59.4 Å². The van der Waals surface area contributed by atoms with Gasteiger partial charge in [0, 0.05) is 32.6 Å². The molecule has 1 aromatic carbocycles. The number of nitrogens with zero attached hydrogens (tertiary/aromatic N) is 2. The van der Waals surface area contributed by atoms with E-state index in [1.165, 1.54) is 4.31 Å². The highest BCUT2D eigenvalue weighted by molar-refractivity contribution is 7.89. The van der Waals surface area contributed by atoms with E-state index in [1.807, 2.05) is 38.1 Å². The Labute approximate surface area is 138 Å². The second kappa shape index (κ2) is 7.68. The largest absolute Gasteiger partial charge is 0.383 e. The van der Waals surface area contributed by atoms with E-state index in [-0.39, 0.29) is 0 Å². The van der Waals surface area contributed by atoms with Gasteiger partial charge in [-0.2, -0.15) is 4.31 Å². The zero-order valence-electron chi connectivity index (χ0n) is 13.7. The lowest BCUT2D eigenvalue weighted by molar-refractivity contribution is 0.177. The summed E-state index contributed by atoms with van der Waals surface area (Å²) in [7, 11) is -2.02. The summed E-state index contributed by atoms with van der Waals surface area (Å²) in [6, 6.07) is 9.01. The van der Waals surface area contributed by atoms with Crippen LogP contribution in [-0.4, -0.2) is 38.0 Å². The average molecular weight is 334 g/mol. The molecule has 0 spiro atoms. The first-order valence-corrected chi connectivity index (χ1v) is 8.84. The monoisotopic (exact) mass is 334 g/mol. The van der Waals surface area contributed by atoms with Crippen LogP contribution in [0.2, 0.25) is 0 Å². The first-order valence-electron chi connectivity index (χ1n) is 7.40. The summed E-state index contributed by atoms with van der Waals surface area (Å²) >= 11 is 0. The Balaban J connectivity index is 2.36. The highest BCUT2D eigenvalue weighted by Crippen LogP contribution is 2.22. The Morgan fingerprint density at radius 2 is 1.83 bits per heavy atom. The summed E-state index contributed by atoms with van der Waals surface area (Å²) in [4.78, 5) is 4.31. The molecule has 0 bridgehead atoms. The van der Waals surface area contributed by atoms with Crippen molar-refractivity contribution in [1.82, 2.24) is 9.29 Å². The fraction of sp³-hybridized carbons (Fsp3) is 0.353. The minimum Gasteiger partial charge on any atom is -0.383 e. The normalized spacial score (nSPS) is 11.8. The smallest absolute Gasteiger partial charge is 0.243 e. The molecule has 124 valence electrons. The minimum atomic E-state index is -3.59. The average Bonchev–Trinajstić information content (AvgIpc) is 2.52. The zero-order valence-corrected chi connectivity index (χ0v) is 14.5. The van der Waals surface area contributed by atoms with Gasteiger partial charge in [-0.3, -0.25) is 4.98 Å². The van der Waals surface area contributed by atoms with Crippen molar-refractivity contribution in [2.24, 2.45) is 0 Å². The molecule has 0 radical (unpaired) electrons. The molecule has 1 heterocycles. The molecule has 5 nitrogen and oxygen atoms in total. The summed E-state index contributed by atoms with van der Waals surface area (Å²) < 4.78 is 32.6. The lowest BCUT2D eigenvalue weighted by Gasteiger charge is -2.23. The molecule has 0 aliphatic rings. The zero-order chi connectivity index (χ0) is 16.9. The lowest BCUT2D eigenvalue weighted by atomic mass is 10.2. The highest BCUT2D eigenvalue weighted by Gasteiger charge is 2.26. The number of pyridine rings is 1. The molecule has 6 heteroatoms. The number of ether oxygens (including phenoxy) is 1. The van der Waals surface area contributed by atoms with Gasteiger partial charge in [0.2, 0.25) is 10.0 Å².